The van der Waals surface area contributed by atoms with E-state index < -0.39 is 6.03 Å². The summed E-state index contributed by atoms with van der Waals surface area (Å²) < 4.78 is 0. The van der Waals surface area contributed by atoms with E-state index in [1.165, 1.54) is 0 Å². The Hall–Kier alpha value is -1.14. The van der Waals surface area contributed by atoms with Gasteiger partial charge in [-0.3, -0.25) is 15.0 Å². The van der Waals surface area contributed by atoms with Gasteiger partial charge in [0.25, 0.3) is 0 Å². The van der Waals surface area contributed by atoms with Crippen molar-refractivity contribution >= 4 is 11.9 Å². The molecular weight excluding hydrogens is 244 g/mol. The summed E-state index contributed by atoms with van der Waals surface area (Å²) in [7, 11) is 0. The number of amides is 3. The lowest BCUT2D eigenvalue weighted by atomic mass is 10.2. The summed E-state index contributed by atoms with van der Waals surface area (Å²) in [4.78, 5) is 27.5. The normalized spacial score (nSPS) is 17.5. The van der Waals surface area contributed by atoms with E-state index in [0.29, 0.717) is 19.0 Å². The van der Waals surface area contributed by atoms with Crippen molar-refractivity contribution in [3.8, 4) is 0 Å². The fourth-order valence-electron chi connectivity index (χ4n) is 1.97. The summed E-state index contributed by atoms with van der Waals surface area (Å²) in [5, 5.41) is 5.03. The minimum Gasteiger partial charge on any atom is -0.338 e. The van der Waals surface area contributed by atoms with Gasteiger partial charge >= 0.3 is 6.03 Å². The summed E-state index contributed by atoms with van der Waals surface area (Å²) in [6.45, 7) is 11.8. The maximum absolute atomic E-state index is 11.7. The number of carbonyl (C=O) groups excluding carboxylic acids is 2. The van der Waals surface area contributed by atoms with Crippen LogP contribution < -0.4 is 10.6 Å². The second-order valence-corrected chi connectivity index (χ2v) is 5.36. The van der Waals surface area contributed by atoms with Gasteiger partial charge in [-0.05, 0) is 12.5 Å². The number of carbonyl (C=O) groups is 2. The molecule has 19 heavy (non-hydrogen) atoms. The van der Waals surface area contributed by atoms with E-state index in [0.717, 1.165) is 32.7 Å². The van der Waals surface area contributed by atoms with Gasteiger partial charge in [-0.2, -0.15) is 0 Å². The molecule has 1 rings (SSSR count). The molecule has 0 aromatic rings. The van der Waals surface area contributed by atoms with E-state index in [1.54, 1.807) is 0 Å². The fraction of sp³-hybridized carbons (Fsp3) is 0.846. The third kappa shape index (κ3) is 6.54. The predicted octanol–water partition coefficient (Wildman–Crippen LogP) is 0.106. The number of piperazine rings is 1. The first-order valence-electron chi connectivity index (χ1n) is 7.03. The standard InChI is InChI=1S/C13H26N4O2/c1-4-16-5-7-17(8-6-16)10-12(18)15-13(19)14-9-11(2)3/h11H,4-10H2,1-3H3,(H2,14,15,18,19). The maximum Gasteiger partial charge on any atom is 0.321 e. The Balaban J connectivity index is 2.19. The molecular formula is C13H26N4O2. The number of likely N-dealkylation sites (N-methyl/N-ethyl adjacent to an activating group) is 1. The van der Waals surface area contributed by atoms with Crippen LogP contribution >= 0.6 is 0 Å². The third-order valence-corrected chi connectivity index (χ3v) is 3.20. The zero-order chi connectivity index (χ0) is 14.3. The molecule has 0 radical (unpaired) electrons. The van der Waals surface area contributed by atoms with Crippen LogP contribution in [0, 0.1) is 5.92 Å². The van der Waals surface area contributed by atoms with Crippen LogP contribution in [0.5, 0.6) is 0 Å². The van der Waals surface area contributed by atoms with Crippen LogP contribution in [-0.4, -0.2) is 67.6 Å². The van der Waals surface area contributed by atoms with Crippen molar-refractivity contribution in [2.24, 2.45) is 5.92 Å². The second-order valence-electron chi connectivity index (χ2n) is 5.36. The van der Waals surface area contributed by atoms with Crippen molar-refractivity contribution in [2.75, 3.05) is 45.8 Å². The molecule has 0 atom stereocenters. The SMILES string of the molecule is CCN1CCN(CC(=O)NC(=O)NCC(C)C)CC1. The van der Waals surface area contributed by atoms with Crippen LogP contribution in [0.4, 0.5) is 4.79 Å². The molecule has 2 N–H and O–H groups in total. The number of hydrogen-bond donors (Lipinski definition) is 2. The van der Waals surface area contributed by atoms with Crippen LogP contribution in [-0.2, 0) is 4.79 Å². The van der Waals surface area contributed by atoms with Crippen LogP contribution in [0.15, 0.2) is 0 Å². The summed E-state index contributed by atoms with van der Waals surface area (Å²) in [5.41, 5.74) is 0. The molecule has 0 aliphatic carbocycles. The molecule has 6 heteroatoms. The summed E-state index contributed by atoms with van der Waals surface area (Å²) in [5.74, 6) is 0.147. The van der Waals surface area contributed by atoms with Gasteiger partial charge in [-0.1, -0.05) is 20.8 Å². The van der Waals surface area contributed by atoms with Gasteiger partial charge in [0.05, 0.1) is 6.54 Å². The van der Waals surface area contributed by atoms with E-state index in [4.69, 9.17) is 0 Å². The molecule has 0 saturated carbocycles. The quantitative estimate of drug-likeness (QED) is 0.744. The van der Waals surface area contributed by atoms with Gasteiger partial charge in [0.2, 0.25) is 5.91 Å². The lowest BCUT2D eigenvalue weighted by Crippen LogP contribution is -2.51. The van der Waals surface area contributed by atoms with Gasteiger partial charge in [-0.15, -0.1) is 0 Å². The lowest BCUT2D eigenvalue weighted by molar-refractivity contribution is -0.121. The molecule has 3 amide bonds. The molecule has 6 nitrogen and oxygen atoms in total. The van der Waals surface area contributed by atoms with Gasteiger partial charge in [-0.25, -0.2) is 4.79 Å². The Kier molecular flexibility index (Phi) is 6.80. The summed E-state index contributed by atoms with van der Waals surface area (Å²) >= 11 is 0. The van der Waals surface area contributed by atoms with Crippen molar-refractivity contribution in [2.45, 2.75) is 20.8 Å². The molecule has 1 saturated heterocycles. The Labute approximate surface area is 115 Å². The predicted molar refractivity (Wildman–Crippen MR) is 74.9 cm³/mol. The average molecular weight is 270 g/mol. The van der Waals surface area contributed by atoms with Crippen LogP contribution in [0.25, 0.3) is 0 Å². The van der Waals surface area contributed by atoms with Crippen molar-refractivity contribution in [3.63, 3.8) is 0 Å². The Bertz CT molecular complexity index is 299. The Morgan fingerprint density at radius 2 is 1.68 bits per heavy atom. The van der Waals surface area contributed by atoms with E-state index in [-0.39, 0.29) is 5.91 Å². The topological polar surface area (TPSA) is 64.7 Å². The molecule has 0 spiro atoms. The Morgan fingerprint density at radius 1 is 1.11 bits per heavy atom. The highest BCUT2D eigenvalue weighted by atomic mass is 16.2. The number of hydrogen-bond acceptors (Lipinski definition) is 4. The van der Waals surface area contributed by atoms with E-state index in [2.05, 4.69) is 27.4 Å². The van der Waals surface area contributed by atoms with Crippen molar-refractivity contribution in [3.05, 3.63) is 0 Å². The zero-order valence-electron chi connectivity index (χ0n) is 12.2. The molecule has 1 aliphatic heterocycles. The zero-order valence-corrected chi connectivity index (χ0v) is 12.2. The smallest absolute Gasteiger partial charge is 0.321 e. The highest BCUT2D eigenvalue weighted by Gasteiger charge is 2.18. The van der Waals surface area contributed by atoms with Gasteiger partial charge in [0.15, 0.2) is 0 Å². The first-order chi connectivity index (χ1) is 9.01. The van der Waals surface area contributed by atoms with E-state index >= 15 is 0 Å². The van der Waals surface area contributed by atoms with Gasteiger partial charge < -0.3 is 10.2 Å². The highest BCUT2D eigenvalue weighted by Crippen LogP contribution is 2.00. The number of rotatable bonds is 5. The first-order valence-corrected chi connectivity index (χ1v) is 7.03. The molecule has 1 fully saturated rings. The number of imide groups is 1. The van der Waals surface area contributed by atoms with Crippen molar-refractivity contribution in [1.29, 1.82) is 0 Å². The summed E-state index contributed by atoms with van der Waals surface area (Å²) in [6.07, 6.45) is 0. The molecule has 1 aliphatic rings. The van der Waals surface area contributed by atoms with E-state index in [1.807, 2.05) is 13.8 Å². The van der Waals surface area contributed by atoms with Crippen molar-refractivity contribution in [1.82, 2.24) is 20.4 Å². The molecule has 0 unspecified atom stereocenters. The van der Waals surface area contributed by atoms with Gasteiger partial charge in [0, 0.05) is 32.7 Å². The molecule has 110 valence electrons. The number of nitrogens with zero attached hydrogens (tertiary/aromatic N) is 2. The second kappa shape index (κ2) is 8.12. The lowest BCUT2D eigenvalue weighted by Gasteiger charge is -2.33. The maximum atomic E-state index is 11.7. The van der Waals surface area contributed by atoms with Gasteiger partial charge in [0.1, 0.15) is 0 Å². The fourth-order valence-corrected chi connectivity index (χ4v) is 1.97. The number of urea groups is 1. The first kappa shape index (κ1) is 15.9. The molecule has 1 heterocycles. The minimum atomic E-state index is -0.397. The largest absolute Gasteiger partial charge is 0.338 e. The average Bonchev–Trinajstić information content (AvgIpc) is 2.37. The van der Waals surface area contributed by atoms with Crippen LogP contribution in [0.2, 0.25) is 0 Å². The molecule has 0 bridgehead atoms. The summed E-state index contributed by atoms with van der Waals surface area (Å²) in [6, 6.07) is -0.397. The van der Waals surface area contributed by atoms with Crippen LogP contribution in [0.3, 0.4) is 0 Å². The monoisotopic (exact) mass is 270 g/mol. The minimum absolute atomic E-state index is 0.230. The van der Waals surface area contributed by atoms with E-state index in [9.17, 15) is 9.59 Å². The highest BCUT2D eigenvalue weighted by molar-refractivity contribution is 5.95. The molecule has 0 aromatic heterocycles. The molecule has 0 aromatic carbocycles. The third-order valence-electron chi connectivity index (χ3n) is 3.20. The van der Waals surface area contributed by atoms with Crippen molar-refractivity contribution < 1.29 is 9.59 Å². The Morgan fingerprint density at radius 3 is 2.21 bits per heavy atom. The van der Waals surface area contributed by atoms with Crippen LogP contribution in [0.1, 0.15) is 20.8 Å². The number of nitrogens with one attached hydrogen (secondary N) is 2.